The zero-order valence-corrected chi connectivity index (χ0v) is 23.4. The Labute approximate surface area is 231 Å². The van der Waals surface area contributed by atoms with E-state index in [1.165, 1.54) is 17.6 Å². The van der Waals surface area contributed by atoms with Gasteiger partial charge in [-0.25, -0.2) is 4.39 Å². The summed E-state index contributed by atoms with van der Waals surface area (Å²) < 4.78 is 38.7. The summed E-state index contributed by atoms with van der Waals surface area (Å²) in [6.07, 6.45) is 13.0. The monoisotopic (exact) mass is 536 g/mol. The van der Waals surface area contributed by atoms with Crippen LogP contribution in [0.1, 0.15) is 83.1 Å². The van der Waals surface area contributed by atoms with Gasteiger partial charge in [0.05, 0.1) is 25.2 Å². The molecule has 2 aliphatic heterocycles. The molecule has 3 fully saturated rings. The van der Waals surface area contributed by atoms with Crippen molar-refractivity contribution in [1.29, 1.82) is 0 Å². The van der Waals surface area contributed by atoms with E-state index < -0.39 is 0 Å². The van der Waals surface area contributed by atoms with Gasteiger partial charge in [0.25, 0.3) is 0 Å². The molecule has 2 heterocycles. The van der Waals surface area contributed by atoms with E-state index in [4.69, 9.17) is 18.9 Å². The first-order valence-electron chi connectivity index (χ1n) is 14.8. The van der Waals surface area contributed by atoms with E-state index in [1.807, 2.05) is 0 Å². The summed E-state index contributed by atoms with van der Waals surface area (Å²) in [7, 11) is 1.65. The normalized spacial score (nSPS) is 25.4. The van der Waals surface area contributed by atoms with Crippen molar-refractivity contribution in [3.05, 3.63) is 63.2 Å². The minimum atomic E-state index is -0.376. The standard InChI is InChI=1S/C33H41FO5/c1-33(19-37-20-33)32-27-16-26(31(35)22-10-6-11-22)23(21-8-5-9-21)12-3-4-13-24(27)25-17-28(34)30(18-29(25)39-32)38-15-7-14-36-2/h16-18,32,35H,3-15,19-20H2,1-2H3/b26-16+. The van der Waals surface area contributed by atoms with E-state index in [2.05, 4.69) is 13.0 Å². The highest BCUT2D eigenvalue weighted by Crippen LogP contribution is 2.50. The number of methoxy groups -OCH3 is 1. The summed E-state index contributed by atoms with van der Waals surface area (Å²) in [6, 6.07) is 3.32. The Morgan fingerprint density at radius 3 is 2.36 bits per heavy atom. The molecule has 2 saturated carbocycles. The molecule has 1 unspecified atom stereocenters. The van der Waals surface area contributed by atoms with Crippen LogP contribution in [0.25, 0.3) is 5.57 Å². The topological polar surface area (TPSA) is 57.2 Å². The number of halogens is 1. The molecule has 3 aliphatic carbocycles. The Kier molecular flexibility index (Phi) is 7.60. The Morgan fingerprint density at radius 2 is 1.74 bits per heavy atom. The number of hydrogen-bond donors (Lipinski definition) is 1. The quantitative estimate of drug-likeness (QED) is 0.285. The number of aliphatic hydroxyl groups excluding tert-OH is 1. The highest BCUT2D eigenvalue weighted by atomic mass is 19.1. The van der Waals surface area contributed by atoms with Gasteiger partial charge < -0.3 is 24.1 Å². The molecule has 1 saturated heterocycles. The SMILES string of the molecule is COCCCOc1cc2c(cc1F)C1=C(/C=C(/C(O)=C3CCC3)C(=C3CCC3)CCCC1)C(C1(C)COC1)O2. The molecule has 6 heteroatoms. The van der Waals surface area contributed by atoms with Crippen LogP contribution in [0, 0.1) is 11.2 Å². The summed E-state index contributed by atoms with van der Waals surface area (Å²) >= 11 is 0. The Hall–Kier alpha value is -2.57. The van der Waals surface area contributed by atoms with Crippen molar-refractivity contribution in [2.24, 2.45) is 5.41 Å². The number of benzene rings is 1. The van der Waals surface area contributed by atoms with Crippen LogP contribution in [-0.4, -0.2) is 44.7 Å². The van der Waals surface area contributed by atoms with E-state index in [1.54, 1.807) is 19.2 Å². The van der Waals surface area contributed by atoms with Gasteiger partial charge in [0, 0.05) is 37.3 Å². The molecule has 1 aromatic rings. The van der Waals surface area contributed by atoms with Gasteiger partial charge in [0.1, 0.15) is 17.6 Å². The van der Waals surface area contributed by atoms with Crippen molar-refractivity contribution in [2.75, 3.05) is 33.5 Å². The lowest BCUT2D eigenvalue weighted by molar-refractivity contribution is -0.143. The molecule has 1 aromatic carbocycles. The lowest BCUT2D eigenvalue weighted by atomic mass is 9.73. The van der Waals surface area contributed by atoms with Crippen LogP contribution in [0.2, 0.25) is 0 Å². The number of hydrogen-bond acceptors (Lipinski definition) is 5. The largest absolute Gasteiger partial charge is 0.507 e. The Bertz CT molecular complexity index is 1240. The van der Waals surface area contributed by atoms with Gasteiger partial charge in [-0.05, 0) is 98.6 Å². The third kappa shape index (κ3) is 5.06. The van der Waals surface area contributed by atoms with Gasteiger partial charge in [-0.3, -0.25) is 0 Å². The maximum absolute atomic E-state index is 15.4. The predicted molar refractivity (Wildman–Crippen MR) is 150 cm³/mol. The summed E-state index contributed by atoms with van der Waals surface area (Å²) in [5.41, 5.74) is 7.76. The first-order valence-corrected chi connectivity index (χ1v) is 14.8. The second-order valence-corrected chi connectivity index (χ2v) is 12.1. The number of rotatable bonds is 7. The first-order chi connectivity index (χ1) is 19.0. The lowest BCUT2D eigenvalue weighted by Crippen LogP contribution is -2.53. The second-order valence-electron chi connectivity index (χ2n) is 12.1. The molecule has 1 atom stereocenters. The number of aliphatic hydroxyl groups is 1. The predicted octanol–water partition coefficient (Wildman–Crippen LogP) is 7.77. The average Bonchev–Trinajstić information content (AvgIpc) is 2.93. The van der Waals surface area contributed by atoms with E-state index in [9.17, 15) is 5.11 Å². The first kappa shape index (κ1) is 26.6. The molecule has 0 amide bonds. The fourth-order valence-corrected chi connectivity index (χ4v) is 6.40. The third-order valence-corrected chi connectivity index (χ3v) is 9.14. The molecular weight excluding hydrogens is 495 g/mol. The van der Waals surface area contributed by atoms with Crippen molar-refractivity contribution in [3.63, 3.8) is 0 Å². The Morgan fingerprint density at radius 1 is 1.00 bits per heavy atom. The molecule has 1 N–H and O–H groups in total. The second kappa shape index (κ2) is 11.1. The molecule has 0 aromatic heterocycles. The summed E-state index contributed by atoms with van der Waals surface area (Å²) in [5.74, 6) is 0.976. The summed E-state index contributed by atoms with van der Waals surface area (Å²) in [6.45, 7) is 4.36. The fraction of sp³-hybridized carbons (Fsp3) is 0.576. The van der Waals surface area contributed by atoms with E-state index in [-0.39, 0.29) is 23.1 Å². The van der Waals surface area contributed by atoms with E-state index in [0.29, 0.717) is 44.4 Å². The van der Waals surface area contributed by atoms with E-state index in [0.717, 1.165) is 85.6 Å². The highest BCUT2D eigenvalue weighted by Gasteiger charge is 2.47. The smallest absolute Gasteiger partial charge is 0.165 e. The summed E-state index contributed by atoms with van der Waals surface area (Å²) in [5, 5.41) is 11.6. The minimum absolute atomic E-state index is 0.204. The van der Waals surface area contributed by atoms with Crippen molar-refractivity contribution >= 4 is 5.57 Å². The molecule has 5 aliphatic rings. The van der Waals surface area contributed by atoms with Crippen molar-refractivity contribution in [3.8, 4) is 11.5 Å². The molecule has 210 valence electrons. The van der Waals surface area contributed by atoms with Crippen molar-refractivity contribution in [1.82, 2.24) is 0 Å². The molecule has 6 rings (SSSR count). The van der Waals surface area contributed by atoms with Crippen LogP contribution in [0.4, 0.5) is 4.39 Å². The third-order valence-electron chi connectivity index (χ3n) is 9.14. The molecule has 5 nitrogen and oxygen atoms in total. The summed E-state index contributed by atoms with van der Waals surface area (Å²) in [4.78, 5) is 0. The lowest BCUT2D eigenvalue weighted by Gasteiger charge is -2.47. The van der Waals surface area contributed by atoms with Gasteiger partial charge >= 0.3 is 0 Å². The average molecular weight is 537 g/mol. The van der Waals surface area contributed by atoms with Crippen LogP contribution in [0.5, 0.6) is 11.5 Å². The van der Waals surface area contributed by atoms with Crippen molar-refractivity contribution < 1.29 is 28.4 Å². The zero-order chi connectivity index (χ0) is 27.0. The maximum Gasteiger partial charge on any atom is 0.165 e. The highest BCUT2D eigenvalue weighted by molar-refractivity contribution is 5.79. The number of ether oxygens (including phenoxy) is 4. The minimum Gasteiger partial charge on any atom is -0.507 e. The molecular formula is C33H41FO5. The number of fused-ring (bicyclic) bond motifs is 2. The zero-order valence-electron chi connectivity index (χ0n) is 23.4. The molecule has 39 heavy (non-hydrogen) atoms. The van der Waals surface area contributed by atoms with Gasteiger partial charge in [-0.2, -0.15) is 0 Å². The molecule has 0 radical (unpaired) electrons. The fourth-order valence-electron chi connectivity index (χ4n) is 6.40. The van der Waals surface area contributed by atoms with Gasteiger partial charge in [0.2, 0.25) is 0 Å². The van der Waals surface area contributed by atoms with Crippen LogP contribution in [0.15, 0.2) is 51.8 Å². The van der Waals surface area contributed by atoms with Crippen LogP contribution in [0.3, 0.4) is 0 Å². The van der Waals surface area contributed by atoms with Crippen LogP contribution in [-0.2, 0) is 9.47 Å². The van der Waals surface area contributed by atoms with Gasteiger partial charge in [0.15, 0.2) is 11.6 Å². The van der Waals surface area contributed by atoms with Gasteiger partial charge in [-0.15, -0.1) is 0 Å². The Balaban J connectivity index is 1.49. The molecule has 0 bridgehead atoms. The van der Waals surface area contributed by atoms with Crippen LogP contribution < -0.4 is 9.47 Å². The van der Waals surface area contributed by atoms with E-state index >= 15 is 4.39 Å². The van der Waals surface area contributed by atoms with Gasteiger partial charge in [-0.1, -0.05) is 12.5 Å². The maximum atomic E-state index is 15.4. The molecule has 0 spiro atoms. The number of allylic oxidation sites excluding steroid dienone is 4. The van der Waals surface area contributed by atoms with Crippen LogP contribution >= 0.6 is 0 Å². The van der Waals surface area contributed by atoms with Crippen molar-refractivity contribution in [2.45, 2.75) is 83.7 Å².